The van der Waals surface area contributed by atoms with Crippen LogP contribution in [0.3, 0.4) is 0 Å². The van der Waals surface area contributed by atoms with Gasteiger partial charge in [-0.2, -0.15) is 0 Å². The first kappa shape index (κ1) is 40.2. The molecule has 1 saturated heterocycles. The molecule has 4 heterocycles. The predicted molar refractivity (Wildman–Crippen MR) is 208 cm³/mol. The number of carboxylic acids is 1. The monoisotopic (exact) mass is 827 g/mol. The van der Waals surface area contributed by atoms with E-state index in [0.29, 0.717) is 11.1 Å². The fourth-order valence-electron chi connectivity index (χ4n) is 7.63. The number of hydrogen-bond acceptors (Lipinski definition) is 16. The van der Waals surface area contributed by atoms with E-state index in [9.17, 15) is 50.8 Å². The number of ether oxygens (including phenoxy) is 5. The van der Waals surface area contributed by atoms with E-state index < -0.39 is 89.5 Å². The number of phenols is 2. The lowest BCUT2D eigenvalue weighted by molar-refractivity contribution is -0.337. The molecule has 0 radical (unpaired) electrons. The summed E-state index contributed by atoms with van der Waals surface area (Å²) in [4.78, 5) is 24.7. The molecule has 1 unspecified atom stereocenters. The van der Waals surface area contributed by atoms with Gasteiger partial charge < -0.3 is 69.6 Å². The molecule has 0 spiro atoms. The van der Waals surface area contributed by atoms with Crippen molar-refractivity contribution < 1.29 is 79.8 Å². The summed E-state index contributed by atoms with van der Waals surface area (Å²) < 4.78 is 29.8. The van der Waals surface area contributed by atoms with Crippen molar-refractivity contribution in [2.75, 3.05) is 13.2 Å². The number of aliphatic hydroxyl groups is 6. The van der Waals surface area contributed by atoms with Crippen molar-refractivity contribution in [3.63, 3.8) is 0 Å². The van der Waals surface area contributed by atoms with Crippen LogP contribution in [0, 0.1) is 5.92 Å². The number of benzene rings is 3. The van der Waals surface area contributed by atoms with Crippen LogP contribution in [-0.4, -0.2) is 131 Å². The molecular weight excluding hydrogens is 788 g/mol. The number of nitrogens with zero attached hydrogens (tertiary/aromatic N) is 3. The Balaban J connectivity index is 1.11. The number of amidine groups is 1. The second-order valence-electron chi connectivity index (χ2n) is 14.5. The van der Waals surface area contributed by atoms with Gasteiger partial charge >= 0.3 is 11.8 Å². The molecule has 19 nitrogen and oxygen atoms in total. The van der Waals surface area contributed by atoms with Crippen LogP contribution in [0.1, 0.15) is 22.8 Å². The van der Waals surface area contributed by atoms with Gasteiger partial charge in [0.2, 0.25) is 12.0 Å². The zero-order chi connectivity index (χ0) is 42.5. The number of aromatic hydroxyl groups is 2. The van der Waals surface area contributed by atoms with Crippen molar-refractivity contribution in [2.24, 2.45) is 20.9 Å². The first-order valence-corrected chi connectivity index (χ1v) is 18.5. The van der Waals surface area contributed by atoms with Crippen LogP contribution in [-0.2, 0) is 16.1 Å². The normalized spacial score (nSPS) is 28.5. The molecule has 2 bridgehead atoms. The van der Waals surface area contributed by atoms with Gasteiger partial charge in [-0.15, -0.1) is 0 Å². The molecule has 3 aromatic rings. The van der Waals surface area contributed by atoms with Crippen molar-refractivity contribution in [1.82, 2.24) is 0 Å². The van der Waals surface area contributed by atoms with E-state index in [1.54, 1.807) is 24.3 Å². The molecule has 8 rings (SSSR count). The number of aliphatic imine (C=N–C) groups is 3. The Labute approximate surface area is 339 Å². The highest BCUT2D eigenvalue weighted by atomic mass is 16.7. The number of carbonyl (C=O) groups is 1. The average Bonchev–Trinajstić information content (AvgIpc) is 3.92. The highest BCUT2D eigenvalue weighted by Gasteiger charge is 2.70. The molecule has 0 aromatic heterocycles. The number of fused-ring (bicyclic) bond motifs is 3. The number of aliphatic hydroxyl groups excluding tert-OH is 4. The molecule has 4 aliphatic heterocycles. The molecule has 3 aromatic carbocycles. The van der Waals surface area contributed by atoms with E-state index in [-0.39, 0.29) is 53.2 Å². The summed E-state index contributed by atoms with van der Waals surface area (Å²) in [6.07, 6.45) is -1.97. The van der Waals surface area contributed by atoms with Gasteiger partial charge in [0.1, 0.15) is 59.3 Å². The highest BCUT2D eigenvalue weighted by Crippen LogP contribution is 2.53. The van der Waals surface area contributed by atoms with Crippen molar-refractivity contribution >= 4 is 35.3 Å². The minimum absolute atomic E-state index is 0.00134. The third kappa shape index (κ3) is 7.01. The lowest BCUT2D eigenvalue weighted by Crippen LogP contribution is -2.78. The molecule has 1 fully saturated rings. The Morgan fingerprint density at radius 2 is 1.85 bits per heavy atom. The largest absolute Gasteiger partial charge is 0.508 e. The van der Waals surface area contributed by atoms with Gasteiger partial charge in [0, 0.05) is 18.2 Å². The van der Waals surface area contributed by atoms with Crippen LogP contribution in [0.5, 0.6) is 34.5 Å². The summed E-state index contributed by atoms with van der Waals surface area (Å²) in [5, 5.41) is 105. The van der Waals surface area contributed by atoms with Gasteiger partial charge in [-0.3, -0.25) is 10.4 Å². The van der Waals surface area contributed by atoms with Gasteiger partial charge in [-0.25, -0.2) is 9.79 Å². The van der Waals surface area contributed by atoms with Gasteiger partial charge in [0.15, 0.2) is 41.1 Å². The van der Waals surface area contributed by atoms with Crippen LogP contribution in [0.4, 0.5) is 0 Å². The zero-order valence-corrected chi connectivity index (χ0v) is 31.2. The minimum atomic E-state index is -2.64. The van der Waals surface area contributed by atoms with Crippen molar-refractivity contribution in [3.05, 3.63) is 102 Å². The van der Waals surface area contributed by atoms with Gasteiger partial charge in [0.05, 0.1) is 24.8 Å². The van der Waals surface area contributed by atoms with E-state index >= 15 is 0 Å². The second-order valence-corrected chi connectivity index (χ2v) is 14.5. The summed E-state index contributed by atoms with van der Waals surface area (Å²) in [5.41, 5.74) is -4.13. The molecule has 0 saturated carbocycles. The molecule has 19 heteroatoms. The summed E-state index contributed by atoms with van der Waals surface area (Å²) in [5.74, 6) is -4.73. The van der Waals surface area contributed by atoms with Crippen LogP contribution >= 0.6 is 0 Å². The second kappa shape index (κ2) is 15.5. The van der Waals surface area contributed by atoms with E-state index in [2.05, 4.69) is 15.0 Å². The molecular formula is C41H39N4O15+. The molecule has 0 amide bonds. The van der Waals surface area contributed by atoms with Crippen LogP contribution in [0.25, 0.3) is 5.76 Å². The van der Waals surface area contributed by atoms with Gasteiger partial charge in [-0.1, -0.05) is 30.3 Å². The maximum absolute atomic E-state index is 12.6. The molecule has 312 valence electrons. The van der Waals surface area contributed by atoms with E-state index in [4.69, 9.17) is 29.1 Å². The van der Waals surface area contributed by atoms with Gasteiger partial charge in [-0.05, 0) is 52.5 Å². The third-order valence-corrected chi connectivity index (χ3v) is 10.7. The van der Waals surface area contributed by atoms with Crippen LogP contribution < -0.4 is 24.4 Å². The summed E-state index contributed by atoms with van der Waals surface area (Å²) >= 11 is 0. The first-order valence-electron chi connectivity index (χ1n) is 18.5. The van der Waals surface area contributed by atoms with E-state index in [1.807, 2.05) is 0 Å². The molecule has 5 aliphatic rings. The molecule has 11 N–H and O–H groups in total. The summed E-state index contributed by atoms with van der Waals surface area (Å²) in [6.45, 7) is -0.835. The molecule has 9 atom stereocenters. The summed E-state index contributed by atoms with van der Waals surface area (Å²) in [6, 6.07) is 13.4. The Morgan fingerprint density at radius 1 is 1.07 bits per heavy atom. The highest BCUT2D eigenvalue weighted by molar-refractivity contribution is 6.15. The predicted octanol–water partition coefficient (Wildman–Crippen LogP) is -0.341. The first-order chi connectivity index (χ1) is 28.7. The SMILES string of the molecule is [NH2+]=C1C=CC([C@@H](O)[C@H](CO)Oc2ccc(C3C=C(O)c4c(cc(O[C@@H]5O[C@H](C(=O)O)[C@]6(O)[C@@H](C7=NC=NC7)C=C[C@@]5(O)[C@@H]6O)c(OCc5cccc(O)c5)c4O)O3)cc2)=N1. The smallest absolute Gasteiger partial charge is 0.336 e. The maximum atomic E-state index is 12.6. The fraction of sp³-hybridized carbons (Fsp3) is 0.293. The molecule has 1 aliphatic carbocycles. The topological polar surface area (TPSA) is 308 Å². The Bertz CT molecular complexity index is 2410. The standard InChI is InChI=1S/C41H38N4O15/c42-31-9-8-24(45-31)33(49)30(16-46)57-22-6-4-20(5-7-22)27-13-26(48)32-28(58-27)14-29(35(34(32)50)56-17-19-2-1-3-21(47)12-19)59-39-40(54)11-10-23(25-15-43-18-44-25)41(55,38(40)53)36(60-39)37(51)52/h1-14,18,23,27,30,33,36,38-39,42,46-50,53-55H,15-17H2,(H,51,52)/p+1/t23-,27?,30+,33-,36-,38+,39-,40-,41-/m1/s1. The van der Waals surface area contributed by atoms with Crippen LogP contribution in [0.15, 0.2) is 100.0 Å². The van der Waals surface area contributed by atoms with Gasteiger partial charge in [0.25, 0.3) is 0 Å². The van der Waals surface area contributed by atoms with E-state index in [1.165, 1.54) is 61.0 Å². The van der Waals surface area contributed by atoms with Crippen molar-refractivity contribution in [2.45, 2.75) is 54.6 Å². The number of carboxylic acid groups (broad SMARTS) is 1. The Morgan fingerprint density at radius 3 is 2.52 bits per heavy atom. The average molecular weight is 828 g/mol. The number of hydrogen-bond donors (Lipinski definition) is 10. The maximum Gasteiger partial charge on any atom is 0.336 e. The number of rotatable bonds is 13. The lowest BCUT2D eigenvalue weighted by atomic mass is 9.64. The zero-order valence-electron chi connectivity index (χ0n) is 31.2. The van der Waals surface area contributed by atoms with E-state index in [0.717, 1.165) is 6.08 Å². The summed E-state index contributed by atoms with van der Waals surface area (Å²) in [7, 11) is 0. The lowest BCUT2D eigenvalue weighted by Gasteiger charge is -2.55. The number of aliphatic carboxylic acids is 1. The van der Waals surface area contributed by atoms with Crippen molar-refractivity contribution in [1.29, 1.82) is 0 Å². The minimum Gasteiger partial charge on any atom is -0.508 e. The fourth-order valence-corrected chi connectivity index (χ4v) is 7.63. The van der Waals surface area contributed by atoms with Crippen LogP contribution in [0.2, 0.25) is 0 Å². The number of phenolic OH excluding ortho intramolecular Hbond substituents is 2. The Hall–Kier alpha value is -6.61. The quantitative estimate of drug-likeness (QED) is 0.0986. The Kier molecular flexibility index (Phi) is 10.4. The van der Waals surface area contributed by atoms with Crippen molar-refractivity contribution in [3.8, 4) is 34.5 Å². The molecule has 60 heavy (non-hydrogen) atoms. The number of nitrogens with two attached hydrogens (primary N) is 1. The third-order valence-electron chi connectivity index (χ3n) is 10.7.